The molecule has 7 heteroatoms. The molecule has 5 rings (SSSR count). The molecule has 1 N–H and O–H groups in total. The summed E-state index contributed by atoms with van der Waals surface area (Å²) in [7, 11) is 0. The van der Waals surface area contributed by atoms with Crippen molar-refractivity contribution in [1.29, 1.82) is 0 Å². The van der Waals surface area contributed by atoms with Gasteiger partial charge in [-0.05, 0) is 80.0 Å². The van der Waals surface area contributed by atoms with Gasteiger partial charge in [-0.3, -0.25) is 14.3 Å². The molecule has 0 saturated heterocycles. The molecule has 0 bridgehead atoms. The maximum Gasteiger partial charge on any atom is 0.230 e. The Morgan fingerprint density at radius 1 is 1.03 bits per heavy atom. The standard InChI is InChI=1S/C28H29N5OS/c1-19-7-3-6-10-25(19)33-27(22-13-15-29-16-14-22)31-32-28(33)35-18-26(34)30-20(2)23-12-11-21-8-4-5-9-24(21)17-23/h3,6-7,10-17,20H,4-5,8-9,18H2,1-2H3,(H,30,34)/t20-/m0/s1. The van der Waals surface area contributed by atoms with Gasteiger partial charge in [-0.2, -0.15) is 0 Å². The number of carbonyl (C=O) groups excluding carboxylic acids is 1. The van der Waals surface area contributed by atoms with E-state index in [1.165, 1.54) is 35.7 Å². The number of carbonyl (C=O) groups is 1. The zero-order valence-electron chi connectivity index (χ0n) is 20.1. The van der Waals surface area contributed by atoms with Crippen LogP contribution in [0.1, 0.15) is 48.1 Å². The number of aromatic nitrogens is 4. The summed E-state index contributed by atoms with van der Waals surface area (Å²) < 4.78 is 2.02. The number of hydrogen-bond donors (Lipinski definition) is 1. The first-order valence-corrected chi connectivity index (χ1v) is 13.0. The van der Waals surface area contributed by atoms with Crippen molar-refractivity contribution in [2.45, 2.75) is 50.7 Å². The average molecular weight is 484 g/mol. The van der Waals surface area contributed by atoms with Gasteiger partial charge in [-0.25, -0.2) is 0 Å². The Labute approximate surface area is 210 Å². The molecular weight excluding hydrogens is 454 g/mol. The second-order valence-electron chi connectivity index (χ2n) is 8.98. The van der Waals surface area contributed by atoms with Crippen LogP contribution in [0.4, 0.5) is 0 Å². The van der Waals surface area contributed by atoms with E-state index in [0.717, 1.165) is 41.0 Å². The molecule has 2 aromatic heterocycles. The quantitative estimate of drug-likeness (QED) is 0.352. The molecule has 0 radical (unpaired) electrons. The molecule has 1 aliphatic carbocycles. The first-order chi connectivity index (χ1) is 17.1. The Kier molecular flexibility index (Phi) is 6.95. The first kappa shape index (κ1) is 23.3. The molecule has 0 spiro atoms. The van der Waals surface area contributed by atoms with Crippen molar-refractivity contribution in [2.24, 2.45) is 0 Å². The molecule has 1 amide bonds. The van der Waals surface area contributed by atoms with Crippen LogP contribution in [0.15, 0.2) is 72.1 Å². The largest absolute Gasteiger partial charge is 0.349 e. The molecule has 0 unspecified atom stereocenters. The number of aryl methyl sites for hydroxylation is 3. The summed E-state index contributed by atoms with van der Waals surface area (Å²) in [4.78, 5) is 17.0. The summed E-state index contributed by atoms with van der Waals surface area (Å²) in [5.74, 6) is 0.965. The van der Waals surface area contributed by atoms with Crippen LogP contribution in [0.5, 0.6) is 0 Å². The molecular formula is C28H29N5OS. The Balaban J connectivity index is 1.33. The number of pyridine rings is 1. The highest BCUT2D eigenvalue weighted by Gasteiger charge is 2.19. The SMILES string of the molecule is Cc1ccccc1-n1c(SCC(=O)N[C@@H](C)c2ccc3c(c2)CCCC3)nnc1-c1ccncc1. The van der Waals surface area contributed by atoms with Gasteiger partial charge in [0.15, 0.2) is 11.0 Å². The predicted molar refractivity (Wildman–Crippen MR) is 140 cm³/mol. The lowest BCUT2D eigenvalue weighted by Crippen LogP contribution is -2.28. The number of amides is 1. The number of hydrogen-bond acceptors (Lipinski definition) is 5. The van der Waals surface area contributed by atoms with Crippen LogP contribution in [0.25, 0.3) is 17.1 Å². The van der Waals surface area contributed by atoms with E-state index < -0.39 is 0 Å². The van der Waals surface area contributed by atoms with Crippen LogP contribution < -0.4 is 5.32 Å². The molecule has 2 aromatic carbocycles. The number of rotatable bonds is 7. The van der Waals surface area contributed by atoms with Gasteiger partial charge in [-0.15, -0.1) is 10.2 Å². The van der Waals surface area contributed by atoms with E-state index in [1.807, 2.05) is 41.8 Å². The van der Waals surface area contributed by atoms with E-state index in [2.05, 4.69) is 51.7 Å². The molecule has 0 aliphatic heterocycles. The van der Waals surface area contributed by atoms with Gasteiger partial charge in [0.25, 0.3) is 0 Å². The normalized spacial score (nSPS) is 13.8. The smallest absolute Gasteiger partial charge is 0.230 e. The minimum atomic E-state index is -0.0445. The summed E-state index contributed by atoms with van der Waals surface area (Å²) in [5, 5.41) is 12.7. The zero-order chi connectivity index (χ0) is 24.2. The second-order valence-corrected chi connectivity index (χ2v) is 9.92. The third-order valence-electron chi connectivity index (χ3n) is 6.51. The highest BCUT2D eigenvalue weighted by atomic mass is 32.2. The number of fused-ring (bicyclic) bond motifs is 1. The first-order valence-electron chi connectivity index (χ1n) is 12.1. The number of thioether (sulfide) groups is 1. The topological polar surface area (TPSA) is 72.7 Å². The summed E-state index contributed by atoms with van der Waals surface area (Å²) in [6, 6.07) is 18.6. The zero-order valence-corrected chi connectivity index (χ0v) is 20.9. The highest BCUT2D eigenvalue weighted by Crippen LogP contribution is 2.29. The van der Waals surface area contributed by atoms with Crippen molar-refractivity contribution >= 4 is 17.7 Å². The Hall–Kier alpha value is -3.45. The lowest BCUT2D eigenvalue weighted by Gasteiger charge is -2.20. The minimum absolute atomic E-state index is 0.0231. The molecule has 1 atom stereocenters. The molecule has 2 heterocycles. The summed E-state index contributed by atoms with van der Waals surface area (Å²) in [5.41, 5.74) is 7.07. The molecule has 6 nitrogen and oxygen atoms in total. The van der Waals surface area contributed by atoms with Crippen LogP contribution in [-0.2, 0) is 17.6 Å². The maximum atomic E-state index is 12.9. The summed E-state index contributed by atoms with van der Waals surface area (Å²) in [6.07, 6.45) is 8.30. The Morgan fingerprint density at radius 2 is 1.80 bits per heavy atom. The van der Waals surface area contributed by atoms with Crippen molar-refractivity contribution in [1.82, 2.24) is 25.1 Å². The minimum Gasteiger partial charge on any atom is -0.349 e. The van der Waals surface area contributed by atoms with E-state index in [4.69, 9.17) is 0 Å². The van der Waals surface area contributed by atoms with E-state index in [0.29, 0.717) is 5.16 Å². The molecule has 35 heavy (non-hydrogen) atoms. The fourth-order valence-electron chi connectivity index (χ4n) is 4.60. The lowest BCUT2D eigenvalue weighted by molar-refractivity contribution is -0.119. The predicted octanol–water partition coefficient (Wildman–Crippen LogP) is 5.49. The van der Waals surface area contributed by atoms with E-state index >= 15 is 0 Å². The number of nitrogens with zero attached hydrogens (tertiary/aromatic N) is 4. The van der Waals surface area contributed by atoms with Crippen molar-refractivity contribution in [3.63, 3.8) is 0 Å². The van der Waals surface area contributed by atoms with Gasteiger partial charge >= 0.3 is 0 Å². The second kappa shape index (κ2) is 10.4. The van der Waals surface area contributed by atoms with Gasteiger partial charge < -0.3 is 5.32 Å². The molecule has 0 saturated carbocycles. The van der Waals surface area contributed by atoms with Crippen LogP contribution in [0, 0.1) is 6.92 Å². The third-order valence-corrected chi connectivity index (χ3v) is 7.44. The van der Waals surface area contributed by atoms with E-state index in [9.17, 15) is 4.79 Å². The Morgan fingerprint density at radius 3 is 2.60 bits per heavy atom. The molecule has 0 fully saturated rings. The summed E-state index contributed by atoms with van der Waals surface area (Å²) >= 11 is 1.40. The average Bonchev–Trinajstić information content (AvgIpc) is 3.31. The lowest BCUT2D eigenvalue weighted by atomic mass is 9.89. The van der Waals surface area contributed by atoms with Crippen LogP contribution in [-0.4, -0.2) is 31.4 Å². The number of para-hydroxylation sites is 1. The summed E-state index contributed by atoms with van der Waals surface area (Å²) in [6.45, 7) is 4.11. The monoisotopic (exact) mass is 483 g/mol. The van der Waals surface area contributed by atoms with E-state index in [1.54, 1.807) is 12.4 Å². The third kappa shape index (κ3) is 5.15. The van der Waals surface area contributed by atoms with Gasteiger partial charge in [0.1, 0.15) is 0 Å². The van der Waals surface area contributed by atoms with Crippen molar-refractivity contribution in [3.05, 3.63) is 89.2 Å². The van der Waals surface area contributed by atoms with Gasteiger partial charge in [-0.1, -0.05) is 48.2 Å². The highest BCUT2D eigenvalue weighted by molar-refractivity contribution is 7.99. The number of nitrogens with one attached hydrogen (secondary N) is 1. The fourth-order valence-corrected chi connectivity index (χ4v) is 5.36. The van der Waals surface area contributed by atoms with Crippen molar-refractivity contribution in [2.75, 3.05) is 5.75 Å². The van der Waals surface area contributed by atoms with Gasteiger partial charge in [0.05, 0.1) is 17.5 Å². The van der Waals surface area contributed by atoms with Crippen LogP contribution in [0.3, 0.4) is 0 Å². The van der Waals surface area contributed by atoms with Gasteiger partial charge in [0.2, 0.25) is 5.91 Å². The number of benzene rings is 2. The molecule has 4 aromatic rings. The maximum absolute atomic E-state index is 12.9. The molecule has 1 aliphatic rings. The van der Waals surface area contributed by atoms with Crippen molar-refractivity contribution < 1.29 is 4.79 Å². The fraction of sp³-hybridized carbons (Fsp3) is 0.286. The van der Waals surface area contributed by atoms with Crippen molar-refractivity contribution in [3.8, 4) is 17.1 Å². The van der Waals surface area contributed by atoms with Gasteiger partial charge in [0, 0.05) is 18.0 Å². The van der Waals surface area contributed by atoms with Crippen LogP contribution in [0.2, 0.25) is 0 Å². The van der Waals surface area contributed by atoms with E-state index in [-0.39, 0.29) is 17.7 Å². The van der Waals surface area contributed by atoms with Crippen LogP contribution >= 0.6 is 11.8 Å². The molecule has 178 valence electrons. The Bertz CT molecular complexity index is 1330.